The molecule has 3 N–H and O–H groups in total. The molecule has 0 amide bonds. The predicted molar refractivity (Wildman–Crippen MR) is 101 cm³/mol. The van der Waals surface area contributed by atoms with Gasteiger partial charge in [-0.05, 0) is 0 Å². The summed E-state index contributed by atoms with van der Waals surface area (Å²) in [4.78, 5) is 0. The summed E-state index contributed by atoms with van der Waals surface area (Å²) in [6.45, 7) is 4.72. The summed E-state index contributed by atoms with van der Waals surface area (Å²) in [6, 6.07) is 21.8. The number of hydrogen-bond acceptors (Lipinski definition) is 0. The van der Waals surface area contributed by atoms with Crippen LogP contribution in [0.3, 0.4) is 0 Å². The fourth-order valence-electron chi connectivity index (χ4n) is 2.79. The first-order valence-corrected chi connectivity index (χ1v) is 15.5. The van der Waals surface area contributed by atoms with Crippen LogP contribution in [0.4, 0.5) is 0 Å². The van der Waals surface area contributed by atoms with E-state index in [1.54, 1.807) is 0 Å². The van der Waals surface area contributed by atoms with Crippen molar-refractivity contribution in [1.29, 1.82) is 0 Å². The maximum atomic E-state index is 4.33. The van der Waals surface area contributed by atoms with E-state index in [1.807, 2.05) is 0 Å². The standard InChI is InChI=1S/C18H24NPSe2/c1-15(17-9-5-3-6-10-17)13-20(21,22-19)14-16(2)18-11-7-4-8-12-18/h3-12,15-16H,13-14,19H2,1-2H3/q+1/p+1. The van der Waals surface area contributed by atoms with Gasteiger partial charge in [-0.2, -0.15) is 0 Å². The number of hydrogen-bond donors (Lipinski definition) is 1. The average molecular weight is 444 g/mol. The van der Waals surface area contributed by atoms with Gasteiger partial charge in [0.05, 0.1) is 0 Å². The third kappa shape index (κ3) is 5.20. The molecule has 2 aromatic carbocycles. The van der Waals surface area contributed by atoms with Crippen LogP contribution in [-0.2, 0) is 0 Å². The van der Waals surface area contributed by atoms with Crippen molar-refractivity contribution in [1.82, 2.24) is 0 Å². The number of rotatable bonds is 7. The van der Waals surface area contributed by atoms with Crippen LogP contribution in [0.2, 0.25) is 0 Å². The molecule has 0 saturated carbocycles. The summed E-state index contributed by atoms with van der Waals surface area (Å²) < 4.78 is 3.26. The van der Waals surface area contributed by atoms with Crippen LogP contribution in [-0.4, -0.2) is 42.6 Å². The van der Waals surface area contributed by atoms with E-state index in [0.29, 0.717) is 26.6 Å². The van der Waals surface area contributed by atoms with Gasteiger partial charge in [0, 0.05) is 0 Å². The molecule has 22 heavy (non-hydrogen) atoms. The van der Waals surface area contributed by atoms with Gasteiger partial charge in [-0.3, -0.25) is 0 Å². The molecular weight excluding hydrogens is 419 g/mol. The summed E-state index contributed by atoms with van der Waals surface area (Å²) in [5.41, 5.74) is 2.91. The molecule has 0 bridgehead atoms. The van der Waals surface area contributed by atoms with Crippen molar-refractivity contribution in [3.63, 3.8) is 0 Å². The summed E-state index contributed by atoms with van der Waals surface area (Å²) in [6.07, 6.45) is 2.55. The Kier molecular flexibility index (Phi) is 7.16. The van der Waals surface area contributed by atoms with Gasteiger partial charge in [0.15, 0.2) is 0 Å². The molecule has 2 atom stereocenters. The van der Waals surface area contributed by atoms with Gasteiger partial charge in [0.1, 0.15) is 0 Å². The summed E-state index contributed by atoms with van der Waals surface area (Å²) in [5, 5.41) is 0. The summed E-state index contributed by atoms with van der Waals surface area (Å²) >= 11 is 4.08. The molecule has 0 aromatic heterocycles. The van der Waals surface area contributed by atoms with Crippen LogP contribution in [0, 0.1) is 0 Å². The monoisotopic (exact) mass is 446 g/mol. The molecule has 2 rings (SSSR count). The van der Waals surface area contributed by atoms with Crippen LogP contribution in [0.5, 0.6) is 0 Å². The number of quaternary nitrogens is 1. The first-order valence-electron chi connectivity index (χ1n) is 7.66. The SMILES string of the molecule is CC(C[P+]([Se])(CC(C)c1ccccc1)[Se][NH3+])c1ccccc1. The van der Waals surface area contributed by atoms with Gasteiger partial charge in [-0.1, -0.05) is 0 Å². The van der Waals surface area contributed by atoms with Crippen molar-refractivity contribution >= 4 is 34.9 Å². The molecule has 0 fully saturated rings. The van der Waals surface area contributed by atoms with Gasteiger partial charge < -0.3 is 0 Å². The molecule has 0 aliphatic rings. The Balaban J connectivity index is 2.05. The summed E-state index contributed by atoms with van der Waals surface area (Å²) in [7, 11) is 0. The van der Waals surface area contributed by atoms with E-state index < -0.39 is 4.64 Å². The third-order valence-corrected chi connectivity index (χ3v) is 16.9. The molecule has 1 nitrogen and oxygen atoms in total. The van der Waals surface area contributed by atoms with Gasteiger partial charge in [0.2, 0.25) is 0 Å². The average Bonchev–Trinajstić information content (AvgIpc) is 2.56. The molecule has 1 radical (unpaired) electrons. The zero-order valence-corrected chi connectivity index (χ0v) is 17.6. The molecule has 2 aromatic rings. The second-order valence-electron chi connectivity index (χ2n) is 5.93. The van der Waals surface area contributed by atoms with Crippen molar-refractivity contribution in [2.45, 2.75) is 25.7 Å². The zero-order valence-electron chi connectivity index (χ0n) is 13.3. The minimum absolute atomic E-state index is 0.457. The van der Waals surface area contributed by atoms with Crippen LogP contribution in [0.15, 0.2) is 60.7 Å². The normalized spacial score (nSPS) is 16.7. The first kappa shape index (κ1) is 18.2. The molecular formula is C18H25NPSe2+2. The quantitative estimate of drug-likeness (QED) is 0.501. The molecule has 0 spiro atoms. The molecule has 0 aliphatic heterocycles. The van der Waals surface area contributed by atoms with Crippen molar-refractivity contribution in [3.05, 3.63) is 71.8 Å². The molecule has 2 unspecified atom stereocenters. The second kappa shape index (κ2) is 8.65. The fraction of sp³-hybridized carbons (Fsp3) is 0.333. The minimum atomic E-state index is -1.07. The van der Waals surface area contributed by atoms with E-state index in [-0.39, 0.29) is 0 Å². The molecule has 0 aliphatic carbocycles. The van der Waals surface area contributed by atoms with E-state index in [9.17, 15) is 0 Å². The van der Waals surface area contributed by atoms with E-state index in [2.05, 4.69) is 94.8 Å². The van der Waals surface area contributed by atoms with Crippen molar-refractivity contribution in [2.75, 3.05) is 12.3 Å². The molecule has 0 heterocycles. The molecule has 117 valence electrons. The van der Waals surface area contributed by atoms with E-state index in [4.69, 9.17) is 0 Å². The van der Waals surface area contributed by atoms with Gasteiger partial charge in [-0.25, -0.2) is 0 Å². The fourth-order valence-corrected chi connectivity index (χ4v) is 12.2. The first-order chi connectivity index (χ1) is 10.5. The van der Waals surface area contributed by atoms with Gasteiger partial charge in [-0.15, -0.1) is 0 Å². The Morgan fingerprint density at radius 3 is 1.55 bits per heavy atom. The maximum absolute atomic E-state index is 4.33. The van der Waals surface area contributed by atoms with Crippen molar-refractivity contribution in [2.24, 2.45) is 0 Å². The summed E-state index contributed by atoms with van der Waals surface area (Å²) in [5.74, 6) is 1.23. The van der Waals surface area contributed by atoms with E-state index in [0.717, 1.165) is 0 Å². The van der Waals surface area contributed by atoms with Crippen LogP contribution in [0.1, 0.15) is 36.8 Å². The Hall–Kier alpha value is -0.131. The van der Waals surface area contributed by atoms with Crippen LogP contribution in [0.25, 0.3) is 0 Å². The zero-order chi connectivity index (χ0) is 16.0. The van der Waals surface area contributed by atoms with Crippen molar-refractivity contribution < 1.29 is 4.75 Å². The van der Waals surface area contributed by atoms with Crippen LogP contribution < -0.4 is 4.75 Å². The van der Waals surface area contributed by atoms with Crippen LogP contribution >= 0.6 is 4.64 Å². The van der Waals surface area contributed by atoms with E-state index in [1.165, 1.54) is 23.5 Å². The molecule has 0 saturated heterocycles. The third-order valence-electron chi connectivity index (χ3n) is 4.08. The Morgan fingerprint density at radius 1 is 0.864 bits per heavy atom. The van der Waals surface area contributed by atoms with E-state index >= 15 is 0 Å². The number of benzene rings is 2. The Bertz CT molecular complexity index is 514. The Morgan fingerprint density at radius 2 is 1.23 bits per heavy atom. The second-order valence-corrected chi connectivity index (χ2v) is 22.5. The van der Waals surface area contributed by atoms with Gasteiger partial charge in [0.25, 0.3) is 0 Å². The topological polar surface area (TPSA) is 27.6 Å². The predicted octanol–water partition coefficient (Wildman–Crippen LogP) is 3.47. The van der Waals surface area contributed by atoms with Crippen molar-refractivity contribution in [3.8, 4) is 0 Å². The Labute approximate surface area is 149 Å². The molecule has 4 heteroatoms. The van der Waals surface area contributed by atoms with Gasteiger partial charge >= 0.3 is 149 Å².